The molecule has 1 aromatic carbocycles. The van der Waals surface area contributed by atoms with Gasteiger partial charge < -0.3 is 14.4 Å². The summed E-state index contributed by atoms with van der Waals surface area (Å²) in [6.07, 6.45) is 5.66. The molecule has 12 heteroatoms. The zero-order valence-electron chi connectivity index (χ0n) is 21.8. The number of fused-ring (bicyclic) bond motifs is 4. The number of halogens is 3. The standard InChI is InChI=1S/C28H28F3N7O2/c29-15-10-28(7-3-8-37(28)12-15)14-40-27-34-24-21-25(35-27)38-9-2-1-4-16(38)13-39-26(21)33-23(22(24)31)20-17-11-32-36-19(17)6-5-18(20)30/h5-6,11,15-16H,1-4,7-10,12-14H2,(H,32,36)/t15-,16+,28+/m1/s1. The van der Waals surface area contributed by atoms with Gasteiger partial charge >= 0.3 is 6.01 Å². The van der Waals surface area contributed by atoms with Crippen molar-refractivity contribution in [2.24, 2.45) is 0 Å². The molecule has 3 aromatic heterocycles. The normalized spacial score (nSPS) is 26.1. The van der Waals surface area contributed by atoms with Crippen molar-refractivity contribution in [1.29, 1.82) is 0 Å². The Hall–Kier alpha value is -3.67. The molecule has 8 rings (SSSR count). The SMILES string of the molecule is Fc1ccc2[nH]ncc2c1-c1nc2c3c(nc(OC[C@@]45CCCN4C[C@H](F)C5)nc3c1F)N1CCCC[C@H]1CO2. The highest BCUT2D eigenvalue weighted by molar-refractivity contribution is 6.00. The van der Waals surface area contributed by atoms with Gasteiger partial charge in [-0.3, -0.25) is 10.00 Å². The Morgan fingerprint density at radius 2 is 2.05 bits per heavy atom. The van der Waals surface area contributed by atoms with Crippen LogP contribution in [-0.2, 0) is 0 Å². The van der Waals surface area contributed by atoms with Crippen LogP contribution in [0, 0.1) is 11.6 Å². The summed E-state index contributed by atoms with van der Waals surface area (Å²) in [5.41, 5.74) is -0.121. The first-order valence-electron chi connectivity index (χ1n) is 14.0. The number of alkyl halides is 1. The third-order valence-electron chi connectivity index (χ3n) is 9.07. The summed E-state index contributed by atoms with van der Waals surface area (Å²) in [5, 5.41) is 7.55. The topological polar surface area (TPSA) is 92.3 Å². The van der Waals surface area contributed by atoms with E-state index in [1.807, 2.05) is 0 Å². The van der Waals surface area contributed by atoms with Crippen LogP contribution in [0.5, 0.6) is 11.9 Å². The number of nitrogens with zero attached hydrogens (tertiary/aromatic N) is 6. The zero-order valence-corrected chi connectivity index (χ0v) is 21.8. The Morgan fingerprint density at radius 3 is 2.98 bits per heavy atom. The van der Waals surface area contributed by atoms with Gasteiger partial charge in [-0.15, -0.1) is 0 Å². The largest absolute Gasteiger partial charge is 0.475 e. The molecule has 7 heterocycles. The molecule has 3 fully saturated rings. The fourth-order valence-corrected chi connectivity index (χ4v) is 7.15. The second-order valence-electron chi connectivity index (χ2n) is 11.4. The molecule has 0 bridgehead atoms. The summed E-state index contributed by atoms with van der Waals surface area (Å²) in [4.78, 5) is 18.1. The van der Waals surface area contributed by atoms with E-state index in [4.69, 9.17) is 14.5 Å². The van der Waals surface area contributed by atoms with Gasteiger partial charge in [-0.05, 0) is 50.8 Å². The van der Waals surface area contributed by atoms with Gasteiger partial charge in [0, 0.05) is 24.9 Å². The molecule has 4 aliphatic rings. The number of anilines is 1. The molecule has 3 saturated heterocycles. The maximum absolute atomic E-state index is 16.5. The molecule has 0 aliphatic carbocycles. The molecule has 0 radical (unpaired) electrons. The summed E-state index contributed by atoms with van der Waals surface area (Å²) in [5.74, 6) is -0.748. The molecule has 4 aromatic rings. The number of aromatic nitrogens is 5. The van der Waals surface area contributed by atoms with Crippen LogP contribution in [0.1, 0.15) is 38.5 Å². The van der Waals surface area contributed by atoms with E-state index in [0.717, 1.165) is 45.2 Å². The number of piperidine rings is 1. The van der Waals surface area contributed by atoms with Crippen LogP contribution in [0.15, 0.2) is 18.3 Å². The van der Waals surface area contributed by atoms with Crippen molar-refractivity contribution in [3.05, 3.63) is 30.0 Å². The van der Waals surface area contributed by atoms with Crippen molar-refractivity contribution in [3.63, 3.8) is 0 Å². The van der Waals surface area contributed by atoms with Gasteiger partial charge in [0.2, 0.25) is 5.88 Å². The van der Waals surface area contributed by atoms with Gasteiger partial charge in [0.1, 0.15) is 47.6 Å². The maximum atomic E-state index is 16.5. The fraction of sp³-hybridized carbons (Fsp3) is 0.500. The quantitative estimate of drug-likeness (QED) is 0.395. The Balaban J connectivity index is 1.30. The molecule has 0 unspecified atom stereocenters. The van der Waals surface area contributed by atoms with Crippen molar-refractivity contribution in [2.75, 3.05) is 37.7 Å². The van der Waals surface area contributed by atoms with E-state index in [-0.39, 0.29) is 41.3 Å². The highest BCUT2D eigenvalue weighted by atomic mass is 19.1. The Bertz CT molecular complexity index is 1650. The molecular formula is C28H28F3N7O2. The fourth-order valence-electron chi connectivity index (χ4n) is 7.15. The van der Waals surface area contributed by atoms with E-state index >= 15 is 8.78 Å². The highest BCUT2D eigenvalue weighted by Crippen LogP contribution is 2.44. The van der Waals surface area contributed by atoms with E-state index in [2.05, 4.69) is 30.0 Å². The van der Waals surface area contributed by atoms with Gasteiger partial charge in [-0.25, -0.2) is 18.2 Å². The maximum Gasteiger partial charge on any atom is 0.319 e. The van der Waals surface area contributed by atoms with Crippen LogP contribution >= 0.6 is 0 Å². The average Bonchev–Trinajstić information content (AvgIpc) is 3.63. The summed E-state index contributed by atoms with van der Waals surface area (Å²) in [6, 6.07) is 2.85. The monoisotopic (exact) mass is 551 g/mol. The lowest BCUT2D eigenvalue weighted by Gasteiger charge is -2.35. The molecule has 40 heavy (non-hydrogen) atoms. The Morgan fingerprint density at radius 1 is 1.12 bits per heavy atom. The zero-order chi connectivity index (χ0) is 27.0. The van der Waals surface area contributed by atoms with Crippen LogP contribution in [0.25, 0.3) is 33.1 Å². The molecule has 3 atom stereocenters. The van der Waals surface area contributed by atoms with Gasteiger partial charge in [-0.2, -0.15) is 15.1 Å². The minimum Gasteiger partial charge on any atom is -0.475 e. The number of rotatable bonds is 4. The number of ether oxygens (including phenoxy) is 2. The molecule has 1 N–H and O–H groups in total. The van der Waals surface area contributed by atoms with Crippen molar-refractivity contribution >= 4 is 27.6 Å². The van der Waals surface area contributed by atoms with Gasteiger partial charge in [0.25, 0.3) is 0 Å². The first-order valence-corrected chi connectivity index (χ1v) is 14.0. The number of nitrogens with one attached hydrogen (secondary N) is 1. The summed E-state index contributed by atoms with van der Waals surface area (Å²) >= 11 is 0. The molecular weight excluding hydrogens is 523 g/mol. The van der Waals surface area contributed by atoms with E-state index in [9.17, 15) is 4.39 Å². The first kappa shape index (κ1) is 24.2. The van der Waals surface area contributed by atoms with Crippen LogP contribution < -0.4 is 14.4 Å². The van der Waals surface area contributed by atoms with Crippen LogP contribution in [0.3, 0.4) is 0 Å². The highest BCUT2D eigenvalue weighted by Gasteiger charge is 2.49. The predicted octanol–water partition coefficient (Wildman–Crippen LogP) is 4.55. The molecule has 208 valence electrons. The average molecular weight is 552 g/mol. The molecule has 0 saturated carbocycles. The summed E-state index contributed by atoms with van der Waals surface area (Å²) < 4.78 is 58.4. The van der Waals surface area contributed by atoms with Crippen LogP contribution in [0.2, 0.25) is 0 Å². The summed E-state index contributed by atoms with van der Waals surface area (Å²) in [7, 11) is 0. The number of hydrogen-bond acceptors (Lipinski definition) is 8. The Labute approximate surface area is 227 Å². The van der Waals surface area contributed by atoms with Crippen LogP contribution in [-0.4, -0.2) is 80.6 Å². The van der Waals surface area contributed by atoms with Crippen molar-refractivity contribution < 1.29 is 22.6 Å². The predicted molar refractivity (Wildman–Crippen MR) is 141 cm³/mol. The van der Waals surface area contributed by atoms with Gasteiger partial charge in [-0.1, -0.05) is 0 Å². The second-order valence-corrected chi connectivity index (χ2v) is 11.4. The minimum atomic E-state index is -0.897. The molecule has 0 spiro atoms. The van der Waals surface area contributed by atoms with E-state index < -0.39 is 23.3 Å². The van der Waals surface area contributed by atoms with E-state index in [0.29, 0.717) is 41.7 Å². The second kappa shape index (κ2) is 8.92. The van der Waals surface area contributed by atoms with E-state index in [1.54, 1.807) is 6.07 Å². The third-order valence-corrected chi connectivity index (χ3v) is 9.07. The van der Waals surface area contributed by atoms with E-state index in [1.165, 1.54) is 12.3 Å². The number of pyridine rings is 1. The smallest absolute Gasteiger partial charge is 0.319 e. The van der Waals surface area contributed by atoms with Crippen molar-refractivity contribution in [3.8, 4) is 23.1 Å². The molecule has 4 aliphatic heterocycles. The molecule has 0 amide bonds. The lowest BCUT2D eigenvalue weighted by atomic mass is 9.95. The van der Waals surface area contributed by atoms with Gasteiger partial charge in [0.05, 0.1) is 28.9 Å². The lowest BCUT2D eigenvalue weighted by Crippen LogP contribution is -2.44. The third kappa shape index (κ3) is 3.57. The number of aromatic amines is 1. The lowest BCUT2D eigenvalue weighted by molar-refractivity contribution is 0.107. The number of H-pyrrole nitrogens is 1. The summed E-state index contributed by atoms with van der Waals surface area (Å²) in [6.45, 7) is 2.52. The first-order chi connectivity index (χ1) is 19.5. The van der Waals surface area contributed by atoms with Crippen molar-refractivity contribution in [1.82, 2.24) is 30.0 Å². The minimum absolute atomic E-state index is 0.0150. The van der Waals surface area contributed by atoms with Gasteiger partial charge in [0.15, 0.2) is 5.82 Å². The number of hydrogen-bond donors (Lipinski definition) is 1. The molecule has 9 nitrogen and oxygen atoms in total. The van der Waals surface area contributed by atoms with Crippen LogP contribution in [0.4, 0.5) is 19.0 Å². The Kier molecular flexibility index (Phi) is 5.38. The van der Waals surface area contributed by atoms with Crippen molar-refractivity contribution in [2.45, 2.75) is 56.3 Å². The number of benzene rings is 1.